The van der Waals surface area contributed by atoms with Gasteiger partial charge in [0.15, 0.2) is 0 Å². The molecule has 4 aliphatic carbocycles. The standard InChI is InChI=1S/C39H66N4O4/c1-27(26-47-35-11-5-4-10-30(35)37(45)46)31-12-13-32-36-33(15-17-39(31,32)3)38(2)16-14-29(24-28(38)25-34(36)44)43-23-9-22-42-20-7-6-19-41-21-8-18-40/h4-5,10-11,27-29,31-34,36,41-44H,6-9,12-26,40H2,1-3H3,(H,45,46)/t27-,28-,29+,31?,32?,33?,34?,36?,38+,39-/m1/s1. The number of unbranched alkanes of at least 4 members (excludes halogenated alkanes) is 1. The highest BCUT2D eigenvalue weighted by Crippen LogP contribution is 2.68. The highest BCUT2D eigenvalue weighted by atomic mass is 16.5. The van der Waals surface area contributed by atoms with Crippen molar-refractivity contribution >= 4 is 5.97 Å². The fourth-order valence-electron chi connectivity index (χ4n) is 11.0. The highest BCUT2D eigenvalue weighted by Gasteiger charge is 2.63. The lowest BCUT2D eigenvalue weighted by Gasteiger charge is -2.62. The summed E-state index contributed by atoms with van der Waals surface area (Å²) in [6.45, 7) is 14.0. The minimum atomic E-state index is -0.945. The largest absolute Gasteiger partial charge is 0.492 e. The predicted molar refractivity (Wildman–Crippen MR) is 190 cm³/mol. The van der Waals surface area contributed by atoms with E-state index >= 15 is 0 Å². The van der Waals surface area contributed by atoms with Crippen molar-refractivity contribution in [3.8, 4) is 5.75 Å². The van der Waals surface area contributed by atoms with E-state index in [2.05, 4.69) is 36.7 Å². The minimum absolute atomic E-state index is 0.200. The number of nitrogens with two attached hydrogens (primary N) is 1. The summed E-state index contributed by atoms with van der Waals surface area (Å²) in [5.74, 6) is 2.56. The van der Waals surface area contributed by atoms with Gasteiger partial charge in [-0.05, 0) is 175 Å². The van der Waals surface area contributed by atoms with Crippen molar-refractivity contribution in [1.82, 2.24) is 16.0 Å². The molecule has 0 amide bonds. The Labute approximate surface area is 284 Å². The van der Waals surface area contributed by atoms with Crippen LogP contribution in [0.4, 0.5) is 0 Å². The van der Waals surface area contributed by atoms with E-state index in [0.29, 0.717) is 59.3 Å². The van der Waals surface area contributed by atoms with Crippen LogP contribution in [-0.2, 0) is 0 Å². The topological polar surface area (TPSA) is 129 Å². The van der Waals surface area contributed by atoms with E-state index in [-0.39, 0.29) is 17.1 Å². The molecule has 0 bridgehead atoms. The number of para-hydroxylation sites is 1. The number of aliphatic hydroxyl groups is 1. The molecule has 0 radical (unpaired) electrons. The van der Waals surface area contributed by atoms with Crippen LogP contribution in [0, 0.1) is 46.3 Å². The Morgan fingerprint density at radius 1 is 0.915 bits per heavy atom. The molecule has 47 heavy (non-hydrogen) atoms. The monoisotopic (exact) mass is 655 g/mol. The van der Waals surface area contributed by atoms with Crippen LogP contribution in [0.25, 0.3) is 0 Å². The first-order valence-corrected chi connectivity index (χ1v) is 19.2. The van der Waals surface area contributed by atoms with E-state index in [0.717, 1.165) is 58.5 Å². The Kier molecular flexibility index (Phi) is 13.1. The third kappa shape index (κ3) is 8.37. The molecule has 5 unspecified atom stereocenters. The number of carboxylic acids is 1. The van der Waals surface area contributed by atoms with E-state index < -0.39 is 5.97 Å². The summed E-state index contributed by atoms with van der Waals surface area (Å²) in [6, 6.07) is 7.55. The first-order valence-electron chi connectivity index (χ1n) is 19.2. The molecule has 1 aromatic rings. The number of rotatable bonds is 18. The molecule has 4 fully saturated rings. The third-order valence-corrected chi connectivity index (χ3v) is 13.5. The van der Waals surface area contributed by atoms with Gasteiger partial charge in [-0.1, -0.05) is 32.9 Å². The number of aliphatic hydroxyl groups excluding tert-OH is 1. The number of carboxylic acid groups (broad SMARTS) is 1. The van der Waals surface area contributed by atoms with E-state index in [1.807, 2.05) is 6.07 Å². The molecule has 5 rings (SSSR count). The second kappa shape index (κ2) is 16.8. The summed E-state index contributed by atoms with van der Waals surface area (Å²) in [5.41, 5.74) is 6.31. The van der Waals surface area contributed by atoms with Gasteiger partial charge in [0, 0.05) is 6.04 Å². The van der Waals surface area contributed by atoms with Crippen molar-refractivity contribution < 1.29 is 19.7 Å². The molecule has 0 saturated heterocycles. The number of nitrogens with one attached hydrogen (secondary N) is 3. The van der Waals surface area contributed by atoms with Crippen molar-refractivity contribution in [1.29, 1.82) is 0 Å². The van der Waals surface area contributed by atoms with Crippen molar-refractivity contribution in [2.24, 2.45) is 52.1 Å². The average molecular weight is 655 g/mol. The highest BCUT2D eigenvalue weighted by molar-refractivity contribution is 5.90. The quantitative estimate of drug-likeness (QED) is 0.112. The fraction of sp³-hybridized carbons (Fsp3) is 0.821. The molecule has 10 atom stereocenters. The minimum Gasteiger partial charge on any atom is -0.492 e. The lowest BCUT2D eigenvalue weighted by Crippen LogP contribution is -2.59. The number of hydrogen-bond donors (Lipinski definition) is 6. The van der Waals surface area contributed by atoms with Crippen LogP contribution in [0.15, 0.2) is 24.3 Å². The molecule has 7 N–H and O–H groups in total. The second-order valence-corrected chi connectivity index (χ2v) is 16.2. The lowest BCUT2D eigenvalue weighted by atomic mass is 9.43. The van der Waals surface area contributed by atoms with Crippen molar-refractivity contribution in [2.45, 2.75) is 110 Å². The number of hydrogen-bond acceptors (Lipinski definition) is 7. The molecular weight excluding hydrogens is 588 g/mol. The zero-order valence-corrected chi connectivity index (χ0v) is 29.7. The molecule has 8 nitrogen and oxygen atoms in total. The summed E-state index contributed by atoms with van der Waals surface area (Å²) >= 11 is 0. The summed E-state index contributed by atoms with van der Waals surface area (Å²) < 4.78 is 6.15. The molecule has 0 aliphatic heterocycles. The predicted octanol–water partition coefficient (Wildman–Crippen LogP) is 5.69. The maximum atomic E-state index is 11.8. The van der Waals surface area contributed by atoms with E-state index in [1.54, 1.807) is 18.2 Å². The van der Waals surface area contributed by atoms with Crippen LogP contribution in [-0.4, -0.2) is 74.2 Å². The van der Waals surface area contributed by atoms with Gasteiger partial charge >= 0.3 is 5.97 Å². The third-order valence-electron chi connectivity index (χ3n) is 13.5. The Balaban J connectivity index is 1.07. The SMILES string of the molecule is C[C@H](COc1ccccc1C(=O)O)C1CCC2C3C(O)C[C@H]4C[C@@H](NCCCNCCCCNCCCN)CC[C@]4(C)C3CC[C@@]21C. The van der Waals surface area contributed by atoms with E-state index in [4.69, 9.17) is 10.5 Å². The molecule has 0 heterocycles. The zero-order chi connectivity index (χ0) is 33.4. The van der Waals surface area contributed by atoms with Crippen molar-refractivity contribution in [3.63, 3.8) is 0 Å². The van der Waals surface area contributed by atoms with Gasteiger partial charge in [0.2, 0.25) is 0 Å². The summed E-state index contributed by atoms with van der Waals surface area (Å²) in [7, 11) is 0. The van der Waals surface area contributed by atoms with E-state index in [9.17, 15) is 15.0 Å². The number of benzene rings is 1. The van der Waals surface area contributed by atoms with Crippen LogP contribution in [0.5, 0.6) is 5.75 Å². The first kappa shape index (κ1) is 36.6. The second-order valence-electron chi connectivity index (χ2n) is 16.2. The zero-order valence-electron chi connectivity index (χ0n) is 29.7. The molecule has 266 valence electrons. The molecule has 8 heteroatoms. The summed E-state index contributed by atoms with van der Waals surface area (Å²) in [6.07, 6.45) is 14.0. The number of aromatic carboxylic acids is 1. The maximum Gasteiger partial charge on any atom is 0.339 e. The number of ether oxygens (including phenoxy) is 1. The van der Waals surface area contributed by atoms with Gasteiger partial charge in [0.25, 0.3) is 0 Å². The molecule has 1 aromatic carbocycles. The molecule has 0 spiro atoms. The summed E-state index contributed by atoms with van der Waals surface area (Å²) in [4.78, 5) is 11.7. The van der Waals surface area contributed by atoms with Crippen LogP contribution in [0.2, 0.25) is 0 Å². The van der Waals surface area contributed by atoms with Crippen LogP contribution < -0.4 is 26.4 Å². The van der Waals surface area contributed by atoms with Crippen LogP contribution >= 0.6 is 0 Å². The van der Waals surface area contributed by atoms with Gasteiger partial charge in [-0.3, -0.25) is 0 Å². The van der Waals surface area contributed by atoms with Gasteiger partial charge in [-0.25, -0.2) is 4.79 Å². The van der Waals surface area contributed by atoms with Crippen LogP contribution in [0.1, 0.15) is 108 Å². The average Bonchev–Trinajstić information content (AvgIpc) is 3.42. The van der Waals surface area contributed by atoms with Gasteiger partial charge in [0.05, 0.1) is 12.7 Å². The Hall–Kier alpha value is -1.71. The molecular formula is C39H66N4O4. The Bertz CT molecular complexity index is 1140. The Morgan fingerprint density at radius 3 is 2.34 bits per heavy atom. The van der Waals surface area contributed by atoms with Gasteiger partial charge < -0.3 is 36.6 Å². The van der Waals surface area contributed by atoms with Crippen LogP contribution in [0.3, 0.4) is 0 Å². The number of fused-ring (bicyclic) bond motifs is 5. The van der Waals surface area contributed by atoms with Crippen molar-refractivity contribution in [3.05, 3.63) is 29.8 Å². The van der Waals surface area contributed by atoms with E-state index in [1.165, 1.54) is 57.8 Å². The first-order chi connectivity index (χ1) is 22.7. The molecule has 4 aliphatic rings. The molecule has 0 aromatic heterocycles. The van der Waals surface area contributed by atoms with Gasteiger partial charge in [0.1, 0.15) is 11.3 Å². The maximum absolute atomic E-state index is 11.8. The smallest absolute Gasteiger partial charge is 0.339 e. The normalized spacial score (nSPS) is 35.5. The lowest BCUT2D eigenvalue weighted by molar-refractivity contribution is -0.167. The van der Waals surface area contributed by atoms with Gasteiger partial charge in [-0.15, -0.1) is 0 Å². The number of carbonyl (C=O) groups is 1. The molecule has 4 saturated carbocycles. The Morgan fingerprint density at radius 2 is 1.60 bits per heavy atom. The van der Waals surface area contributed by atoms with Crippen molar-refractivity contribution in [2.75, 3.05) is 45.9 Å². The van der Waals surface area contributed by atoms with Gasteiger partial charge in [-0.2, -0.15) is 0 Å². The summed E-state index contributed by atoms with van der Waals surface area (Å²) in [5, 5.41) is 32.4. The fourth-order valence-corrected chi connectivity index (χ4v) is 11.0.